The van der Waals surface area contributed by atoms with Gasteiger partial charge < -0.3 is 14.5 Å². The lowest BCUT2D eigenvalue weighted by Crippen LogP contribution is -2.46. The van der Waals surface area contributed by atoms with Crippen molar-refractivity contribution in [3.05, 3.63) is 54.6 Å². The summed E-state index contributed by atoms with van der Waals surface area (Å²) >= 11 is 0. The zero-order valence-electron chi connectivity index (χ0n) is 17.9. The van der Waals surface area contributed by atoms with Crippen molar-refractivity contribution < 1.29 is 9.53 Å². The highest BCUT2D eigenvalue weighted by atomic mass is 16.5. The molecule has 0 unspecified atom stereocenters. The molecule has 6 heteroatoms. The van der Waals surface area contributed by atoms with E-state index >= 15 is 0 Å². The van der Waals surface area contributed by atoms with Gasteiger partial charge in [0.15, 0.2) is 0 Å². The van der Waals surface area contributed by atoms with Gasteiger partial charge in [0.05, 0.1) is 7.11 Å². The second-order valence-electron chi connectivity index (χ2n) is 7.99. The Labute approximate surface area is 179 Å². The molecule has 2 amide bonds. The highest BCUT2D eigenvalue weighted by Crippen LogP contribution is 2.22. The molecule has 2 aliphatic heterocycles. The van der Waals surface area contributed by atoms with Gasteiger partial charge in [-0.1, -0.05) is 24.3 Å². The van der Waals surface area contributed by atoms with Gasteiger partial charge >= 0.3 is 6.03 Å². The first kappa shape index (κ1) is 20.5. The molecule has 160 valence electrons. The van der Waals surface area contributed by atoms with Crippen molar-refractivity contribution in [2.24, 2.45) is 0 Å². The van der Waals surface area contributed by atoms with Crippen molar-refractivity contribution in [1.29, 1.82) is 0 Å². The minimum atomic E-state index is 0.146. The zero-order valence-corrected chi connectivity index (χ0v) is 17.9. The first-order chi connectivity index (χ1) is 14.7. The maximum atomic E-state index is 12.6. The Morgan fingerprint density at radius 3 is 2.30 bits per heavy atom. The third-order valence-electron chi connectivity index (χ3n) is 6.11. The number of unbranched alkanes of at least 4 members (excludes halogenated alkanes) is 1. The first-order valence-electron chi connectivity index (χ1n) is 11.0. The molecule has 0 aromatic heterocycles. The lowest BCUT2D eigenvalue weighted by atomic mass is 10.2. The second-order valence-corrected chi connectivity index (χ2v) is 7.99. The van der Waals surface area contributed by atoms with Crippen LogP contribution in [0.3, 0.4) is 0 Å². The number of nitrogens with zero attached hydrogens (tertiary/aromatic N) is 4. The van der Waals surface area contributed by atoms with E-state index in [9.17, 15) is 4.79 Å². The minimum Gasteiger partial charge on any atom is -0.497 e. The quantitative estimate of drug-likeness (QED) is 0.627. The zero-order chi connectivity index (χ0) is 20.8. The Morgan fingerprint density at radius 1 is 0.800 bits per heavy atom. The highest BCUT2D eigenvalue weighted by molar-refractivity contribution is 5.94. The maximum Gasteiger partial charge on any atom is 0.324 e. The SMILES string of the molecule is COc1cccc(N2CCN(CCCCN3CCN(c4ccccc4)C3=O)CC2)c1. The number of rotatable bonds is 8. The number of piperazine rings is 1. The molecule has 0 aliphatic carbocycles. The molecule has 2 aromatic carbocycles. The molecular weight excluding hydrogens is 376 g/mol. The topological polar surface area (TPSA) is 39.3 Å². The van der Waals surface area contributed by atoms with Crippen LogP contribution in [0.15, 0.2) is 54.6 Å². The van der Waals surface area contributed by atoms with Crippen molar-refractivity contribution in [2.75, 3.05) is 69.3 Å². The fraction of sp³-hybridized carbons (Fsp3) is 0.458. The van der Waals surface area contributed by atoms with Crippen molar-refractivity contribution in [3.8, 4) is 5.75 Å². The summed E-state index contributed by atoms with van der Waals surface area (Å²) in [6.45, 7) is 7.83. The number of amides is 2. The monoisotopic (exact) mass is 408 g/mol. The van der Waals surface area contributed by atoms with E-state index in [2.05, 4.69) is 28.0 Å². The number of hydrogen-bond donors (Lipinski definition) is 0. The van der Waals surface area contributed by atoms with Gasteiger partial charge in [0, 0.05) is 63.3 Å². The summed E-state index contributed by atoms with van der Waals surface area (Å²) in [6.07, 6.45) is 2.19. The normalized spacial score (nSPS) is 17.6. The summed E-state index contributed by atoms with van der Waals surface area (Å²) in [6, 6.07) is 18.4. The van der Waals surface area contributed by atoms with Crippen molar-refractivity contribution in [3.63, 3.8) is 0 Å². The van der Waals surface area contributed by atoms with E-state index in [1.165, 1.54) is 5.69 Å². The molecule has 0 atom stereocenters. The number of methoxy groups -OCH3 is 1. The Balaban J connectivity index is 1.15. The molecule has 2 aromatic rings. The molecule has 30 heavy (non-hydrogen) atoms. The number of benzene rings is 2. The van der Waals surface area contributed by atoms with E-state index in [0.29, 0.717) is 0 Å². The average Bonchev–Trinajstić information content (AvgIpc) is 3.18. The van der Waals surface area contributed by atoms with Gasteiger partial charge in [0.1, 0.15) is 5.75 Å². The summed E-state index contributed by atoms with van der Waals surface area (Å²) in [5, 5.41) is 0. The van der Waals surface area contributed by atoms with Crippen molar-refractivity contribution >= 4 is 17.4 Å². The van der Waals surface area contributed by atoms with E-state index in [1.54, 1.807) is 7.11 Å². The molecule has 0 spiro atoms. The fourth-order valence-corrected chi connectivity index (χ4v) is 4.31. The average molecular weight is 409 g/mol. The van der Waals surface area contributed by atoms with Crippen LogP contribution in [0.4, 0.5) is 16.2 Å². The first-order valence-corrected chi connectivity index (χ1v) is 11.0. The van der Waals surface area contributed by atoms with E-state index in [0.717, 1.165) is 76.6 Å². The van der Waals surface area contributed by atoms with Crippen LogP contribution in [0, 0.1) is 0 Å². The Bertz CT molecular complexity index is 821. The maximum absolute atomic E-state index is 12.6. The molecule has 2 fully saturated rings. The van der Waals surface area contributed by atoms with Crippen LogP contribution in [0.5, 0.6) is 5.75 Å². The van der Waals surface area contributed by atoms with Crippen LogP contribution in [0.25, 0.3) is 0 Å². The third kappa shape index (κ3) is 4.87. The van der Waals surface area contributed by atoms with E-state index in [4.69, 9.17) is 4.74 Å². The molecular formula is C24H32N4O2. The number of carbonyl (C=O) groups excluding carboxylic acids is 1. The van der Waals surface area contributed by atoms with Gasteiger partial charge in [-0.25, -0.2) is 4.79 Å². The van der Waals surface area contributed by atoms with E-state index in [-0.39, 0.29) is 6.03 Å². The Hall–Kier alpha value is -2.73. The lowest BCUT2D eigenvalue weighted by Gasteiger charge is -2.36. The molecule has 2 aliphatic rings. The predicted molar refractivity (Wildman–Crippen MR) is 122 cm³/mol. The largest absolute Gasteiger partial charge is 0.497 e. The summed E-state index contributed by atoms with van der Waals surface area (Å²) in [5.41, 5.74) is 2.24. The Morgan fingerprint density at radius 2 is 1.53 bits per heavy atom. The fourth-order valence-electron chi connectivity index (χ4n) is 4.31. The molecule has 4 rings (SSSR count). The number of ether oxygens (including phenoxy) is 1. The predicted octanol–water partition coefficient (Wildman–Crippen LogP) is 3.54. The van der Waals surface area contributed by atoms with Crippen LogP contribution in [0.1, 0.15) is 12.8 Å². The highest BCUT2D eigenvalue weighted by Gasteiger charge is 2.28. The molecule has 0 bridgehead atoms. The summed E-state index contributed by atoms with van der Waals surface area (Å²) < 4.78 is 5.35. The molecule has 0 radical (unpaired) electrons. The van der Waals surface area contributed by atoms with Crippen molar-refractivity contribution in [1.82, 2.24) is 9.80 Å². The summed E-state index contributed by atoms with van der Waals surface area (Å²) in [4.78, 5) is 21.5. The molecule has 2 heterocycles. The molecule has 0 saturated carbocycles. The van der Waals surface area contributed by atoms with Crippen LogP contribution in [-0.4, -0.2) is 75.3 Å². The standard InChI is InChI=1S/C24H32N4O2/c1-30-23-11-7-10-22(20-23)26-16-14-25(15-17-26)12-5-6-13-27-18-19-28(24(27)29)21-8-3-2-4-9-21/h2-4,7-11,20H,5-6,12-19H2,1H3. The van der Waals surface area contributed by atoms with Crippen LogP contribution < -0.4 is 14.5 Å². The number of urea groups is 1. The number of anilines is 2. The van der Waals surface area contributed by atoms with Crippen LogP contribution in [0.2, 0.25) is 0 Å². The summed E-state index contributed by atoms with van der Waals surface area (Å²) in [7, 11) is 1.71. The molecule has 0 N–H and O–H groups in total. The van der Waals surface area contributed by atoms with Crippen molar-refractivity contribution in [2.45, 2.75) is 12.8 Å². The van der Waals surface area contributed by atoms with E-state index < -0.39 is 0 Å². The van der Waals surface area contributed by atoms with Gasteiger partial charge in [-0.2, -0.15) is 0 Å². The smallest absolute Gasteiger partial charge is 0.324 e. The van der Waals surface area contributed by atoms with E-state index in [1.807, 2.05) is 46.2 Å². The number of para-hydroxylation sites is 1. The van der Waals surface area contributed by atoms with Gasteiger partial charge in [-0.3, -0.25) is 9.80 Å². The molecule has 6 nitrogen and oxygen atoms in total. The third-order valence-corrected chi connectivity index (χ3v) is 6.11. The summed E-state index contributed by atoms with van der Waals surface area (Å²) in [5.74, 6) is 0.914. The van der Waals surface area contributed by atoms with Gasteiger partial charge in [-0.05, 0) is 43.7 Å². The Kier molecular flexibility index (Phi) is 6.74. The van der Waals surface area contributed by atoms with Gasteiger partial charge in [0.25, 0.3) is 0 Å². The number of carbonyl (C=O) groups is 1. The molecule has 2 saturated heterocycles. The second kappa shape index (κ2) is 9.85. The number of hydrogen-bond acceptors (Lipinski definition) is 4. The lowest BCUT2D eigenvalue weighted by molar-refractivity contribution is 0.216. The van der Waals surface area contributed by atoms with Gasteiger partial charge in [-0.15, -0.1) is 0 Å². The van der Waals surface area contributed by atoms with Gasteiger partial charge in [0.2, 0.25) is 0 Å². The van der Waals surface area contributed by atoms with Crippen LogP contribution >= 0.6 is 0 Å². The minimum absolute atomic E-state index is 0.146. The van der Waals surface area contributed by atoms with Crippen LogP contribution in [-0.2, 0) is 0 Å².